The van der Waals surface area contributed by atoms with Gasteiger partial charge in [0.15, 0.2) is 0 Å². The highest BCUT2D eigenvalue weighted by Gasteiger charge is 2.35. The highest BCUT2D eigenvalue weighted by molar-refractivity contribution is 6.33. The SMILES string of the molecule is Cc1ccc(N2C[C@@H](c3nc(-c4ccccc4Cl)no3)CC2=O)cc1. The summed E-state index contributed by atoms with van der Waals surface area (Å²) in [5.74, 6) is 0.864. The maximum atomic E-state index is 12.4. The van der Waals surface area contributed by atoms with Crippen LogP contribution in [0.4, 0.5) is 5.69 Å². The van der Waals surface area contributed by atoms with E-state index in [1.807, 2.05) is 49.4 Å². The molecule has 0 unspecified atom stereocenters. The second-order valence-electron chi connectivity index (χ2n) is 6.18. The van der Waals surface area contributed by atoms with Crippen molar-refractivity contribution in [2.45, 2.75) is 19.3 Å². The molecule has 1 fully saturated rings. The minimum Gasteiger partial charge on any atom is -0.339 e. The zero-order valence-corrected chi connectivity index (χ0v) is 14.4. The Balaban J connectivity index is 1.57. The predicted octanol–water partition coefficient (Wildman–Crippen LogP) is 4.22. The van der Waals surface area contributed by atoms with Crippen LogP contribution in [0.25, 0.3) is 11.4 Å². The van der Waals surface area contributed by atoms with Crippen LogP contribution in [-0.2, 0) is 4.79 Å². The lowest BCUT2D eigenvalue weighted by molar-refractivity contribution is -0.117. The smallest absolute Gasteiger partial charge is 0.232 e. The predicted molar refractivity (Wildman–Crippen MR) is 95.6 cm³/mol. The molecule has 2 heterocycles. The number of aryl methyl sites for hydroxylation is 1. The topological polar surface area (TPSA) is 59.2 Å². The van der Waals surface area contributed by atoms with Crippen molar-refractivity contribution < 1.29 is 9.32 Å². The molecule has 0 radical (unpaired) electrons. The zero-order valence-electron chi connectivity index (χ0n) is 13.6. The molecule has 1 atom stereocenters. The van der Waals surface area contributed by atoms with E-state index in [0.29, 0.717) is 29.7 Å². The minimum absolute atomic E-state index is 0.0614. The summed E-state index contributed by atoms with van der Waals surface area (Å²) in [4.78, 5) is 18.6. The molecule has 0 bridgehead atoms. The number of hydrogen-bond donors (Lipinski definition) is 0. The minimum atomic E-state index is -0.113. The monoisotopic (exact) mass is 353 g/mol. The van der Waals surface area contributed by atoms with E-state index in [1.165, 1.54) is 0 Å². The van der Waals surface area contributed by atoms with E-state index in [-0.39, 0.29) is 11.8 Å². The molecule has 2 aromatic carbocycles. The van der Waals surface area contributed by atoms with E-state index in [2.05, 4.69) is 10.1 Å². The molecule has 1 amide bonds. The van der Waals surface area contributed by atoms with E-state index in [0.717, 1.165) is 16.8 Å². The first-order chi connectivity index (χ1) is 12.1. The van der Waals surface area contributed by atoms with Crippen molar-refractivity contribution in [1.29, 1.82) is 0 Å². The molecule has 0 saturated carbocycles. The van der Waals surface area contributed by atoms with Crippen LogP contribution in [0.5, 0.6) is 0 Å². The summed E-state index contributed by atoms with van der Waals surface area (Å²) in [5.41, 5.74) is 2.77. The van der Waals surface area contributed by atoms with E-state index in [1.54, 1.807) is 11.0 Å². The first kappa shape index (κ1) is 15.8. The molecule has 25 heavy (non-hydrogen) atoms. The Labute approximate surface area is 150 Å². The molecule has 0 N–H and O–H groups in total. The van der Waals surface area contributed by atoms with Crippen LogP contribution < -0.4 is 4.90 Å². The molecule has 6 heteroatoms. The lowest BCUT2D eigenvalue weighted by Crippen LogP contribution is -2.24. The van der Waals surface area contributed by atoms with E-state index < -0.39 is 0 Å². The third kappa shape index (κ3) is 3.03. The van der Waals surface area contributed by atoms with Gasteiger partial charge in [-0.3, -0.25) is 4.79 Å². The number of halogens is 1. The van der Waals surface area contributed by atoms with Crippen LogP contribution in [0.15, 0.2) is 53.1 Å². The van der Waals surface area contributed by atoms with Gasteiger partial charge < -0.3 is 9.42 Å². The summed E-state index contributed by atoms with van der Waals surface area (Å²) < 4.78 is 5.41. The third-order valence-electron chi connectivity index (χ3n) is 4.38. The Morgan fingerprint density at radius 1 is 1.16 bits per heavy atom. The number of carbonyl (C=O) groups is 1. The molecule has 5 nitrogen and oxygen atoms in total. The van der Waals surface area contributed by atoms with Gasteiger partial charge in [0, 0.05) is 24.2 Å². The average molecular weight is 354 g/mol. The number of nitrogens with zero attached hydrogens (tertiary/aromatic N) is 3. The van der Waals surface area contributed by atoms with Crippen LogP contribution in [-0.4, -0.2) is 22.6 Å². The lowest BCUT2D eigenvalue weighted by atomic mass is 10.1. The molecule has 126 valence electrons. The molecule has 3 aromatic rings. The summed E-state index contributed by atoms with van der Waals surface area (Å²) >= 11 is 6.18. The maximum Gasteiger partial charge on any atom is 0.232 e. The lowest BCUT2D eigenvalue weighted by Gasteiger charge is -2.16. The van der Waals surface area contributed by atoms with Gasteiger partial charge >= 0.3 is 0 Å². The largest absolute Gasteiger partial charge is 0.339 e. The average Bonchev–Trinajstić information content (AvgIpc) is 3.23. The van der Waals surface area contributed by atoms with Crippen LogP contribution in [0, 0.1) is 6.92 Å². The van der Waals surface area contributed by atoms with Gasteiger partial charge in [0.2, 0.25) is 17.6 Å². The first-order valence-electron chi connectivity index (χ1n) is 8.07. The fourth-order valence-electron chi connectivity index (χ4n) is 3.00. The number of benzene rings is 2. The van der Waals surface area contributed by atoms with Gasteiger partial charge in [0.25, 0.3) is 0 Å². The Morgan fingerprint density at radius 3 is 2.68 bits per heavy atom. The van der Waals surface area contributed by atoms with Crippen molar-refractivity contribution in [3.63, 3.8) is 0 Å². The van der Waals surface area contributed by atoms with Gasteiger partial charge in [-0.25, -0.2) is 0 Å². The van der Waals surface area contributed by atoms with Crippen LogP contribution >= 0.6 is 11.6 Å². The summed E-state index contributed by atoms with van der Waals surface area (Å²) in [7, 11) is 0. The van der Waals surface area contributed by atoms with Crippen molar-refractivity contribution >= 4 is 23.2 Å². The molecule has 0 aliphatic carbocycles. The van der Waals surface area contributed by atoms with Gasteiger partial charge in [-0.1, -0.05) is 46.6 Å². The zero-order chi connectivity index (χ0) is 17.4. The first-order valence-corrected chi connectivity index (χ1v) is 8.45. The normalized spacial score (nSPS) is 17.3. The van der Waals surface area contributed by atoms with Crippen molar-refractivity contribution in [2.75, 3.05) is 11.4 Å². The molecule has 1 aromatic heterocycles. The number of anilines is 1. The molecule has 1 aliphatic rings. The Kier molecular flexibility index (Phi) is 4.01. The van der Waals surface area contributed by atoms with Crippen molar-refractivity contribution in [2.24, 2.45) is 0 Å². The number of carbonyl (C=O) groups excluding carboxylic acids is 1. The second-order valence-corrected chi connectivity index (χ2v) is 6.58. The number of rotatable bonds is 3. The number of amides is 1. The fourth-order valence-corrected chi connectivity index (χ4v) is 3.22. The molecule has 4 rings (SSSR count). The summed E-state index contributed by atoms with van der Waals surface area (Å²) in [6.07, 6.45) is 0.359. The third-order valence-corrected chi connectivity index (χ3v) is 4.71. The highest BCUT2D eigenvalue weighted by atomic mass is 35.5. The van der Waals surface area contributed by atoms with Crippen molar-refractivity contribution in [1.82, 2.24) is 10.1 Å². The van der Waals surface area contributed by atoms with Crippen LogP contribution in [0.3, 0.4) is 0 Å². The summed E-state index contributed by atoms with van der Waals surface area (Å²) in [6.45, 7) is 2.55. The second kappa shape index (κ2) is 6.33. The number of hydrogen-bond acceptors (Lipinski definition) is 4. The van der Waals surface area contributed by atoms with Crippen LogP contribution in [0.1, 0.15) is 23.8 Å². The van der Waals surface area contributed by atoms with E-state index in [4.69, 9.17) is 16.1 Å². The van der Waals surface area contributed by atoms with Gasteiger partial charge in [-0.15, -0.1) is 0 Å². The molecular formula is C19H16ClN3O2. The fraction of sp³-hybridized carbons (Fsp3) is 0.211. The highest BCUT2D eigenvalue weighted by Crippen LogP contribution is 2.33. The molecule has 0 spiro atoms. The molecule has 1 saturated heterocycles. The number of aromatic nitrogens is 2. The van der Waals surface area contributed by atoms with Crippen LogP contribution in [0.2, 0.25) is 5.02 Å². The Bertz CT molecular complexity index is 920. The molecule has 1 aliphatic heterocycles. The van der Waals surface area contributed by atoms with Gasteiger partial charge in [0.1, 0.15) is 0 Å². The van der Waals surface area contributed by atoms with Gasteiger partial charge in [-0.05, 0) is 31.2 Å². The summed E-state index contributed by atoms with van der Waals surface area (Å²) in [6, 6.07) is 15.3. The standard InChI is InChI=1S/C19H16ClN3O2/c1-12-6-8-14(9-7-12)23-11-13(10-17(23)24)19-21-18(22-25-19)15-4-2-3-5-16(15)20/h2-9,13H,10-11H2,1H3/t13-/m0/s1. The van der Waals surface area contributed by atoms with Crippen molar-refractivity contribution in [3.05, 3.63) is 65.0 Å². The maximum absolute atomic E-state index is 12.4. The van der Waals surface area contributed by atoms with E-state index in [9.17, 15) is 4.79 Å². The summed E-state index contributed by atoms with van der Waals surface area (Å²) in [5, 5.41) is 4.59. The Hall–Kier alpha value is -2.66. The molecular weight excluding hydrogens is 338 g/mol. The quantitative estimate of drug-likeness (QED) is 0.707. The van der Waals surface area contributed by atoms with Crippen molar-refractivity contribution in [3.8, 4) is 11.4 Å². The van der Waals surface area contributed by atoms with Gasteiger partial charge in [0.05, 0.1) is 10.9 Å². The van der Waals surface area contributed by atoms with E-state index >= 15 is 0 Å². The van der Waals surface area contributed by atoms with Gasteiger partial charge in [-0.2, -0.15) is 4.98 Å². The Morgan fingerprint density at radius 2 is 1.92 bits per heavy atom.